The molecule has 4 heteroatoms. The molecule has 1 aromatic heterocycles. The first-order valence-electron chi connectivity index (χ1n) is 6.83. The van der Waals surface area contributed by atoms with E-state index in [1.807, 2.05) is 5.38 Å². The summed E-state index contributed by atoms with van der Waals surface area (Å²) >= 11 is 1.47. The first-order chi connectivity index (χ1) is 8.75. The first kappa shape index (κ1) is 12.0. The number of rotatable bonds is 3. The van der Waals surface area contributed by atoms with E-state index in [4.69, 9.17) is 10.5 Å². The molecule has 3 rings (SSSR count). The Labute approximate surface area is 111 Å². The van der Waals surface area contributed by atoms with E-state index in [-0.39, 0.29) is 12.1 Å². The summed E-state index contributed by atoms with van der Waals surface area (Å²) in [5.41, 5.74) is 7.71. The van der Waals surface area contributed by atoms with Crippen LogP contribution in [0.25, 0.3) is 0 Å². The largest absolute Gasteiger partial charge is 0.459 e. The lowest BCUT2D eigenvalue weighted by molar-refractivity contribution is 0.0211. The number of carbonyl (C=O) groups is 1. The number of esters is 1. The van der Waals surface area contributed by atoms with Gasteiger partial charge in [-0.25, -0.2) is 4.79 Å². The monoisotopic (exact) mass is 265 g/mol. The molecule has 0 amide bonds. The van der Waals surface area contributed by atoms with Gasteiger partial charge in [-0.15, -0.1) is 11.3 Å². The first-order valence-corrected chi connectivity index (χ1v) is 7.71. The molecule has 0 aliphatic heterocycles. The van der Waals surface area contributed by atoms with Crippen molar-refractivity contribution in [3.05, 3.63) is 16.5 Å². The van der Waals surface area contributed by atoms with Gasteiger partial charge in [0.15, 0.2) is 0 Å². The van der Waals surface area contributed by atoms with E-state index in [9.17, 15) is 4.79 Å². The van der Waals surface area contributed by atoms with Crippen molar-refractivity contribution in [2.24, 2.45) is 0 Å². The molecule has 3 nitrogen and oxygen atoms in total. The van der Waals surface area contributed by atoms with Crippen molar-refractivity contribution in [1.82, 2.24) is 0 Å². The van der Waals surface area contributed by atoms with Gasteiger partial charge in [-0.3, -0.25) is 0 Å². The maximum atomic E-state index is 12.3. The lowest BCUT2D eigenvalue weighted by atomic mass is 9.97. The summed E-state index contributed by atoms with van der Waals surface area (Å²) in [5.74, 6) is 0.356. The van der Waals surface area contributed by atoms with E-state index >= 15 is 0 Å². The maximum absolute atomic E-state index is 12.3. The Morgan fingerprint density at radius 3 is 2.61 bits per heavy atom. The van der Waals surface area contributed by atoms with E-state index in [2.05, 4.69) is 0 Å². The van der Waals surface area contributed by atoms with Crippen molar-refractivity contribution in [2.75, 3.05) is 5.73 Å². The number of nitrogens with two attached hydrogens (primary N) is 1. The molecule has 0 saturated heterocycles. The number of anilines is 1. The van der Waals surface area contributed by atoms with Gasteiger partial charge >= 0.3 is 5.97 Å². The number of hydrogen-bond donors (Lipinski definition) is 1. The molecule has 2 saturated carbocycles. The van der Waals surface area contributed by atoms with Crippen LogP contribution in [0.1, 0.15) is 66.8 Å². The third-order valence-electron chi connectivity index (χ3n) is 3.90. The van der Waals surface area contributed by atoms with Gasteiger partial charge in [0.2, 0.25) is 0 Å². The Balaban J connectivity index is 1.72. The van der Waals surface area contributed by atoms with Crippen LogP contribution in [0.15, 0.2) is 5.38 Å². The van der Waals surface area contributed by atoms with Gasteiger partial charge < -0.3 is 10.5 Å². The van der Waals surface area contributed by atoms with Crippen molar-refractivity contribution < 1.29 is 9.53 Å². The summed E-state index contributed by atoms with van der Waals surface area (Å²) in [6.07, 6.45) is 8.10. The average Bonchev–Trinajstić information content (AvgIpc) is 3.14. The molecule has 2 N–H and O–H groups in total. The molecular formula is C14H19NO2S. The Morgan fingerprint density at radius 2 is 1.94 bits per heavy atom. The second-order valence-corrected chi connectivity index (χ2v) is 6.28. The van der Waals surface area contributed by atoms with Crippen LogP contribution in [-0.4, -0.2) is 12.1 Å². The van der Waals surface area contributed by atoms with Crippen LogP contribution in [0.4, 0.5) is 5.00 Å². The molecule has 98 valence electrons. The molecule has 18 heavy (non-hydrogen) atoms. The fraction of sp³-hybridized carbons (Fsp3) is 0.643. The van der Waals surface area contributed by atoms with Crippen LogP contribution in [0.2, 0.25) is 0 Å². The summed E-state index contributed by atoms with van der Waals surface area (Å²) in [6, 6.07) is 0. The summed E-state index contributed by atoms with van der Waals surface area (Å²) in [4.78, 5) is 12.3. The predicted octanol–water partition coefficient (Wildman–Crippen LogP) is 3.70. The number of nitrogen functional groups attached to an aromatic ring is 1. The van der Waals surface area contributed by atoms with E-state index in [1.165, 1.54) is 43.4 Å². The minimum atomic E-state index is -0.192. The van der Waals surface area contributed by atoms with Crippen molar-refractivity contribution in [2.45, 2.75) is 57.0 Å². The highest BCUT2D eigenvalue weighted by molar-refractivity contribution is 7.14. The standard InChI is InChI=1S/C14H19NO2S/c15-13-12(11(8-18-13)9-6-7-9)14(16)17-10-4-2-1-3-5-10/h8-10H,1-7,15H2. The van der Waals surface area contributed by atoms with Crippen LogP contribution in [0.5, 0.6) is 0 Å². The van der Waals surface area contributed by atoms with Crippen molar-refractivity contribution in [3.63, 3.8) is 0 Å². The van der Waals surface area contributed by atoms with Crippen molar-refractivity contribution >= 4 is 22.3 Å². The van der Waals surface area contributed by atoms with Gasteiger partial charge in [0.05, 0.1) is 5.56 Å². The van der Waals surface area contributed by atoms with Crippen LogP contribution in [0.3, 0.4) is 0 Å². The second kappa shape index (κ2) is 4.92. The molecule has 2 aliphatic rings. The highest BCUT2D eigenvalue weighted by Crippen LogP contribution is 2.45. The average molecular weight is 265 g/mol. The zero-order valence-electron chi connectivity index (χ0n) is 10.5. The third-order valence-corrected chi connectivity index (χ3v) is 4.72. The SMILES string of the molecule is Nc1scc(C2CC2)c1C(=O)OC1CCCCC1. The Morgan fingerprint density at radius 1 is 1.22 bits per heavy atom. The molecule has 0 radical (unpaired) electrons. The zero-order chi connectivity index (χ0) is 12.5. The van der Waals surface area contributed by atoms with Crippen LogP contribution in [-0.2, 0) is 4.74 Å². The van der Waals surface area contributed by atoms with Crippen molar-refractivity contribution in [1.29, 1.82) is 0 Å². The molecule has 2 aliphatic carbocycles. The van der Waals surface area contributed by atoms with Crippen molar-refractivity contribution in [3.8, 4) is 0 Å². The third kappa shape index (κ3) is 2.39. The molecule has 0 unspecified atom stereocenters. The minimum absolute atomic E-state index is 0.109. The predicted molar refractivity (Wildman–Crippen MR) is 73.0 cm³/mol. The lowest BCUT2D eigenvalue weighted by Crippen LogP contribution is -2.21. The molecule has 1 heterocycles. The summed E-state index contributed by atoms with van der Waals surface area (Å²) in [6.45, 7) is 0. The highest BCUT2D eigenvalue weighted by Gasteiger charge is 2.32. The molecular weight excluding hydrogens is 246 g/mol. The number of ether oxygens (including phenoxy) is 1. The smallest absolute Gasteiger partial charge is 0.341 e. The summed E-state index contributed by atoms with van der Waals surface area (Å²) < 4.78 is 5.62. The topological polar surface area (TPSA) is 52.3 Å². The van der Waals surface area contributed by atoms with Gasteiger partial charge in [-0.1, -0.05) is 6.42 Å². The Hall–Kier alpha value is -1.03. The normalized spacial score (nSPS) is 20.9. The number of thiophene rings is 1. The number of hydrogen-bond acceptors (Lipinski definition) is 4. The van der Waals surface area contributed by atoms with Gasteiger partial charge in [0.1, 0.15) is 11.1 Å². The van der Waals surface area contributed by atoms with E-state index in [0.29, 0.717) is 16.5 Å². The summed E-state index contributed by atoms with van der Waals surface area (Å²) in [7, 11) is 0. The van der Waals surface area contributed by atoms with E-state index in [1.54, 1.807) is 0 Å². The molecule has 0 spiro atoms. The molecule has 0 bridgehead atoms. The van der Waals surface area contributed by atoms with Gasteiger partial charge in [0.25, 0.3) is 0 Å². The molecule has 1 aromatic rings. The molecule has 0 aromatic carbocycles. The Kier molecular flexibility index (Phi) is 3.29. The lowest BCUT2D eigenvalue weighted by Gasteiger charge is -2.22. The van der Waals surface area contributed by atoms with Gasteiger partial charge in [-0.05, 0) is 55.4 Å². The molecule has 2 fully saturated rings. The number of carbonyl (C=O) groups excluding carboxylic acids is 1. The quantitative estimate of drug-likeness (QED) is 0.848. The second-order valence-electron chi connectivity index (χ2n) is 5.37. The van der Waals surface area contributed by atoms with E-state index in [0.717, 1.165) is 18.4 Å². The minimum Gasteiger partial charge on any atom is -0.459 e. The maximum Gasteiger partial charge on any atom is 0.341 e. The van der Waals surface area contributed by atoms with Crippen LogP contribution >= 0.6 is 11.3 Å². The van der Waals surface area contributed by atoms with Crippen LogP contribution < -0.4 is 5.73 Å². The zero-order valence-corrected chi connectivity index (χ0v) is 11.3. The molecule has 0 atom stereocenters. The van der Waals surface area contributed by atoms with Gasteiger partial charge in [0, 0.05) is 0 Å². The summed E-state index contributed by atoms with van der Waals surface area (Å²) in [5, 5.41) is 2.66. The fourth-order valence-electron chi connectivity index (χ4n) is 2.69. The van der Waals surface area contributed by atoms with E-state index < -0.39 is 0 Å². The van der Waals surface area contributed by atoms with Crippen LogP contribution in [0, 0.1) is 0 Å². The highest BCUT2D eigenvalue weighted by atomic mass is 32.1. The Bertz CT molecular complexity index is 445. The fourth-order valence-corrected chi connectivity index (χ4v) is 3.58. The van der Waals surface area contributed by atoms with Gasteiger partial charge in [-0.2, -0.15) is 0 Å².